The van der Waals surface area contributed by atoms with Gasteiger partial charge in [0, 0.05) is 17.2 Å². The zero-order chi connectivity index (χ0) is 14.0. The van der Waals surface area contributed by atoms with E-state index in [0.717, 1.165) is 33.1 Å². The Morgan fingerprint density at radius 2 is 2.21 bits per heavy atom. The normalized spacial score (nSPS) is 10.9. The number of thioether (sulfide) groups is 1. The SMILES string of the molecule is CCn1nc(C)c(Br)c1CSc1ccc(N)c(F)c1. The molecule has 0 aliphatic carbocycles. The van der Waals surface area contributed by atoms with Crippen LogP contribution in [0.3, 0.4) is 0 Å². The van der Waals surface area contributed by atoms with Crippen molar-refractivity contribution in [1.29, 1.82) is 0 Å². The Morgan fingerprint density at radius 3 is 2.84 bits per heavy atom. The van der Waals surface area contributed by atoms with Crippen molar-refractivity contribution in [3.63, 3.8) is 0 Å². The second-order valence-electron chi connectivity index (χ2n) is 4.13. The first-order chi connectivity index (χ1) is 9.02. The van der Waals surface area contributed by atoms with Gasteiger partial charge in [-0.05, 0) is 48.0 Å². The minimum absolute atomic E-state index is 0.181. The zero-order valence-corrected chi connectivity index (χ0v) is 13.2. The molecule has 0 aliphatic rings. The summed E-state index contributed by atoms with van der Waals surface area (Å²) in [4.78, 5) is 0.861. The van der Waals surface area contributed by atoms with Crippen LogP contribution < -0.4 is 5.73 Å². The molecule has 1 heterocycles. The number of rotatable bonds is 4. The van der Waals surface area contributed by atoms with Crippen molar-refractivity contribution in [3.05, 3.63) is 39.9 Å². The molecular formula is C13H15BrFN3S. The third-order valence-corrected chi connectivity index (χ3v) is 4.84. The van der Waals surface area contributed by atoms with Crippen LogP contribution in [-0.2, 0) is 12.3 Å². The molecule has 0 unspecified atom stereocenters. The summed E-state index contributed by atoms with van der Waals surface area (Å²) in [5.74, 6) is 0.364. The molecular weight excluding hydrogens is 329 g/mol. The first-order valence-corrected chi connectivity index (χ1v) is 7.70. The molecule has 0 bridgehead atoms. The second kappa shape index (κ2) is 5.96. The van der Waals surface area contributed by atoms with Crippen LogP contribution >= 0.6 is 27.7 Å². The van der Waals surface area contributed by atoms with Gasteiger partial charge in [-0.2, -0.15) is 5.10 Å². The monoisotopic (exact) mass is 343 g/mol. The van der Waals surface area contributed by atoms with Gasteiger partial charge in [0.15, 0.2) is 0 Å². The fraction of sp³-hybridized carbons (Fsp3) is 0.308. The summed E-state index contributed by atoms with van der Waals surface area (Å²) in [6.45, 7) is 4.83. The highest BCUT2D eigenvalue weighted by Gasteiger charge is 2.12. The van der Waals surface area contributed by atoms with Crippen molar-refractivity contribution in [2.75, 3.05) is 5.73 Å². The summed E-state index contributed by atoms with van der Waals surface area (Å²) in [6.07, 6.45) is 0. The Hall–Kier alpha value is -1.01. The molecule has 0 radical (unpaired) electrons. The molecule has 3 nitrogen and oxygen atoms in total. The predicted molar refractivity (Wildman–Crippen MR) is 80.7 cm³/mol. The fourth-order valence-corrected chi connectivity index (χ4v) is 3.31. The topological polar surface area (TPSA) is 43.8 Å². The lowest BCUT2D eigenvalue weighted by Gasteiger charge is -2.06. The van der Waals surface area contributed by atoms with Gasteiger partial charge in [-0.25, -0.2) is 4.39 Å². The molecule has 2 rings (SSSR count). The van der Waals surface area contributed by atoms with E-state index in [-0.39, 0.29) is 11.5 Å². The first-order valence-electron chi connectivity index (χ1n) is 5.92. The number of nitrogens with zero attached hydrogens (tertiary/aromatic N) is 2. The molecule has 0 saturated heterocycles. The smallest absolute Gasteiger partial charge is 0.147 e. The maximum atomic E-state index is 13.4. The fourth-order valence-electron chi connectivity index (χ4n) is 1.76. The number of nitrogen functional groups attached to an aromatic ring is 1. The lowest BCUT2D eigenvalue weighted by Crippen LogP contribution is -2.01. The number of nitrogens with two attached hydrogens (primary N) is 1. The maximum Gasteiger partial charge on any atom is 0.147 e. The van der Waals surface area contributed by atoms with Crippen molar-refractivity contribution in [2.45, 2.75) is 31.0 Å². The van der Waals surface area contributed by atoms with E-state index < -0.39 is 0 Å². The summed E-state index contributed by atoms with van der Waals surface area (Å²) in [5, 5.41) is 4.43. The third kappa shape index (κ3) is 3.12. The van der Waals surface area contributed by atoms with Crippen LogP contribution in [0, 0.1) is 12.7 Å². The minimum atomic E-state index is -0.371. The highest BCUT2D eigenvalue weighted by atomic mass is 79.9. The minimum Gasteiger partial charge on any atom is -0.396 e. The van der Waals surface area contributed by atoms with Crippen LogP contribution in [0.4, 0.5) is 10.1 Å². The van der Waals surface area contributed by atoms with Gasteiger partial charge >= 0.3 is 0 Å². The molecule has 0 fully saturated rings. The third-order valence-electron chi connectivity index (χ3n) is 2.80. The molecule has 0 atom stereocenters. The molecule has 2 N–H and O–H groups in total. The van der Waals surface area contributed by atoms with Gasteiger partial charge in [0.25, 0.3) is 0 Å². The molecule has 0 amide bonds. The Balaban J connectivity index is 2.16. The van der Waals surface area contributed by atoms with E-state index in [0.29, 0.717) is 0 Å². The van der Waals surface area contributed by atoms with Crippen molar-refractivity contribution in [3.8, 4) is 0 Å². The Kier molecular flexibility index (Phi) is 4.52. The Labute approximate surface area is 124 Å². The van der Waals surface area contributed by atoms with E-state index in [1.54, 1.807) is 17.8 Å². The van der Waals surface area contributed by atoms with E-state index in [1.165, 1.54) is 6.07 Å². The first kappa shape index (κ1) is 14.4. The molecule has 6 heteroatoms. The van der Waals surface area contributed by atoms with E-state index >= 15 is 0 Å². The second-order valence-corrected chi connectivity index (χ2v) is 5.98. The van der Waals surface area contributed by atoms with Crippen molar-refractivity contribution in [1.82, 2.24) is 9.78 Å². The Morgan fingerprint density at radius 1 is 1.47 bits per heavy atom. The van der Waals surface area contributed by atoms with Gasteiger partial charge < -0.3 is 5.73 Å². The standard InChI is InChI=1S/C13H15BrFN3S/c1-3-18-12(13(14)8(2)17-18)7-19-9-4-5-11(16)10(15)6-9/h4-6H,3,7,16H2,1-2H3. The van der Waals surface area contributed by atoms with Crippen LogP contribution in [0.5, 0.6) is 0 Å². The number of benzene rings is 1. The maximum absolute atomic E-state index is 13.4. The van der Waals surface area contributed by atoms with E-state index in [4.69, 9.17) is 5.73 Å². The van der Waals surface area contributed by atoms with Crippen LogP contribution in [0.2, 0.25) is 0 Å². The van der Waals surface area contributed by atoms with Crippen molar-refractivity contribution in [2.24, 2.45) is 0 Å². The van der Waals surface area contributed by atoms with Gasteiger partial charge in [-0.1, -0.05) is 0 Å². The van der Waals surface area contributed by atoms with E-state index in [2.05, 4.69) is 28.0 Å². The molecule has 0 spiro atoms. The summed E-state index contributed by atoms with van der Waals surface area (Å²) >= 11 is 5.12. The van der Waals surface area contributed by atoms with Gasteiger partial charge in [0.1, 0.15) is 5.82 Å². The highest BCUT2D eigenvalue weighted by molar-refractivity contribution is 9.10. The summed E-state index contributed by atoms with van der Waals surface area (Å²) < 4.78 is 16.4. The molecule has 0 aliphatic heterocycles. The number of aromatic nitrogens is 2. The predicted octanol–water partition coefficient (Wildman–Crippen LogP) is 3.99. The van der Waals surface area contributed by atoms with Crippen LogP contribution in [0.25, 0.3) is 0 Å². The summed E-state index contributed by atoms with van der Waals surface area (Å²) in [5.41, 5.74) is 7.73. The van der Waals surface area contributed by atoms with Crippen LogP contribution in [0.1, 0.15) is 18.3 Å². The van der Waals surface area contributed by atoms with Gasteiger partial charge in [-0.3, -0.25) is 4.68 Å². The molecule has 1 aromatic carbocycles. The van der Waals surface area contributed by atoms with Gasteiger partial charge in [0.2, 0.25) is 0 Å². The molecule has 102 valence electrons. The highest BCUT2D eigenvalue weighted by Crippen LogP contribution is 2.30. The van der Waals surface area contributed by atoms with E-state index in [9.17, 15) is 4.39 Å². The van der Waals surface area contributed by atoms with Crippen molar-refractivity contribution < 1.29 is 4.39 Å². The average Bonchev–Trinajstić information content (AvgIpc) is 2.67. The van der Waals surface area contributed by atoms with E-state index in [1.807, 2.05) is 17.7 Å². The number of halogens is 2. The summed E-state index contributed by atoms with van der Waals surface area (Å²) in [6, 6.07) is 4.89. The average molecular weight is 344 g/mol. The van der Waals surface area contributed by atoms with Crippen LogP contribution in [0.15, 0.2) is 27.6 Å². The number of hydrogen-bond donors (Lipinski definition) is 1. The van der Waals surface area contributed by atoms with Crippen molar-refractivity contribution >= 4 is 33.4 Å². The summed E-state index contributed by atoms with van der Waals surface area (Å²) in [7, 11) is 0. The molecule has 19 heavy (non-hydrogen) atoms. The quantitative estimate of drug-likeness (QED) is 0.674. The largest absolute Gasteiger partial charge is 0.396 e. The zero-order valence-electron chi connectivity index (χ0n) is 10.8. The number of hydrogen-bond acceptors (Lipinski definition) is 3. The molecule has 1 aromatic heterocycles. The lowest BCUT2D eigenvalue weighted by molar-refractivity contribution is 0.628. The van der Waals surface area contributed by atoms with Gasteiger partial charge in [0.05, 0.1) is 21.5 Å². The Bertz CT molecular complexity index is 598. The number of aryl methyl sites for hydroxylation is 2. The lowest BCUT2D eigenvalue weighted by atomic mass is 10.3. The van der Waals surface area contributed by atoms with Crippen LogP contribution in [-0.4, -0.2) is 9.78 Å². The van der Waals surface area contributed by atoms with Gasteiger partial charge in [-0.15, -0.1) is 11.8 Å². The molecule has 0 saturated carbocycles. The number of anilines is 1. The molecule has 2 aromatic rings.